The zero-order chi connectivity index (χ0) is 17.9. The molecule has 0 aliphatic rings. The molecule has 1 aromatic carbocycles. The van der Waals surface area contributed by atoms with E-state index in [1.807, 2.05) is 19.2 Å². The molecular weight excluding hydrogens is 360 g/mol. The molecule has 0 saturated carbocycles. The molecule has 0 amide bonds. The van der Waals surface area contributed by atoms with Crippen molar-refractivity contribution in [1.29, 1.82) is 0 Å². The van der Waals surface area contributed by atoms with Gasteiger partial charge in [0.2, 0.25) is 10.0 Å². The van der Waals surface area contributed by atoms with Crippen LogP contribution in [0.15, 0.2) is 55.0 Å². The van der Waals surface area contributed by atoms with E-state index in [9.17, 15) is 8.42 Å². The Morgan fingerprint density at radius 3 is 2.72 bits per heavy atom. The Morgan fingerprint density at radius 1 is 1.16 bits per heavy atom. The Balaban J connectivity index is 1.70. The maximum absolute atomic E-state index is 12.3. The smallest absolute Gasteiger partial charge is 0.216 e. The van der Waals surface area contributed by atoms with Crippen LogP contribution < -0.4 is 4.72 Å². The molecule has 3 aromatic rings. The van der Waals surface area contributed by atoms with Gasteiger partial charge in [0.15, 0.2) is 0 Å². The van der Waals surface area contributed by atoms with Crippen molar-refractivity contribution in [3.8, 4) is 11.3 Å². The molecule has 0 unspecified atom stereocenters. The largest absolute Gasteiger partial charge is 0.268 e. The minimum absolute atomic E-state index is 0.123. The lowest BCUT2D eigenvalue weighted by molar-refractivity contribution is 0.580. The van der Waals surface area contributed by atoms with Gasteiger partial charge in [-0.25, -0.2) is 13.1 Å². The molecule has 8 heteroatoms. The second-order valence-electron chi connectivity index (χ2n) is 5.63. The highest BCUT2D eigenvalue weighted by molar-refractivity contribution is 7.88. The molecule has 0 aliphatic heterocycles. The molecule has 0 fully saturated rings. The van der Waals surface area contributed by atoms with Gasteiger partial charge in [-0.3, -0.25) is 9.67 Å². The van der Waals surface area contributed by atoms with Gasteiger partial charge in [-0.1, -0.05) is 23.7 Å². The van der Waals surface area contributed by atoms with E-state index >= 15 is 0 Å². The zero-order valence-electron chi connectivity index (χ0n) is 13.6. The minimum Gasteiger partial charge on any atom is -0.268 e. The van der Waals surface area contributed by atoms with Crippen molar-refractivity contribution in [2.45, 2.75) is 12.3 Å². The number of hydrogen-bond acceptors (Lipinski definition) is 4. The van der Waals surface area contributed by atoms with Gasteiger partial charge < -0.3 is 0 Å². The molecule has 2 aromatic heterocycles. The molecule has 2 heterocycles. The van der Waals surface area contributed by atoms with E-state index in [1.54, 1.807) is 47.5 Å². The summed E-state index contributed by atoms with van der Waals surface area (Å²) in [6.45, 7) is 0.168. The van der Waals surface area contributed by atoms with Gasteiger partial charge in [-0.05, 0) is 35.4 Å². The van der Waals surface area contributed by atoms with Crippen molar-refractivity contribution >= 4 is 21.6 Å². The molecule has 6 nitrogen and oxygen atoms in total. The maximum Gasteiger partial charge on any atom is 0.216 e. The molecule has 3 rings (SSSR count). The van der Waals surface area contributed by atoms with Crippen LogP contribution in [0.3, 0.4) is 0 Å². The van der Waals surface area contributed by atoms with Crippen molar-refractivity contribution < 1.29 is 8.42 Å². The summed E-state index contributed by atoms with van der Waals surface area (Å²) in [5, 5.41) is 4.64. The van der Waals surface area contributed by atoms with E-state index in [0.717, 1.165) is 16.8 Å². The molecule has 0 spiro atoms. The fourth-order valence-corrected chi connectivity index (χ4v) is 3.79. The number of rotatable bonds is 6. The first kappa shape index (κ1) is 17.6. The number of aromatic nitrogens is 3. The van der Waals surface area contributed by atoms with Gasteiger partial charge in [0.05, 0.1) is 11.4 Å². The second-order valence-corrected chi connectivity index (χ2v) is 7.88. The first-order valence-corrected chi connectivity index (χ1v) is 9.60. The van der Waals surface area contributed by atoms with E-state index in [1.165, 1.54) is 0 Å². The van der Waals surface area contributed by atoms with Crippen LogP contribution in [0.2, 0.25) is 5.02 Å². The number of halogens is 1. The van der Waals surface area contributed by atoms with Gasteiger partial charge >= 0.3 is 0 Å². The summed E-state index contributed by atoms with van der Waals surface area (Å²) in [6.07, 6.45) is 5.07. The number of hydrogen-bond donors (Lipinski definition) is 1. The summed E-state index contributed by atoms with van der Waals surface area (Å²) in [5.41, 5.74) is 3.21. The summed E-state index contributed by atoms with van der Waals surface area (Å²) >= 11 is 5.90. The maximum atomic E-state index is 12.3. The average molecular weight is 377 g/mol. The molecule has 1 N–H and O–H groups in total. The van der Waals surface area contributed by atoms with Gasteiger partial charge in [0.25, 0.3) is 0 Å². The quantitative estimate of drug-likeness (QED) is 0.717. The summed E-state index contributed by atoms with van der Waals surface area (Å²) in [5.74, 6) is -0.123. The van der Waals surface area contributed by atoms with E-state index in [0.29, 0.717) is 10.6 Å². The summed E-state index contributed by atoms with van der Waals surface area (Å²) in [4.78, 5) is 4.18. The molecule has 0 bridgehead atoms. The summed E-state index contributed by atoms with van der Waals surface area (Å²) < 4.78 is 28.9. The SMILES string of the molecule is Cn1nccc1-c1cncc(CNS(=O)(=O)Cc2cccc(Cl)c2)c1. The van der Waals surface area contributed by atoms with E-state index < -0.39 is 10.0 Å². The number of nitrogens with zero attached hydrogens (tertiary/aromatic N) is 3. The Morgan fingerprint density at radius 2 is 2.00 bits per heavy atom. The predicted octanol–water partition coefficient (Wildman–Crippen LogP) is 2.76. The third kappa shape index (κ3) is 4.66. The third-order valence-corrected chi connectivity index (χ3v) is 5.19. The predicted molar refractivity (Wildman–Crippen MR) is 97.4 cm³/mol. The fourth-order valence-electron chi connectivity index (χ4n) is 2.47. The number of sulfonamides is 1. The molecule has 0 aliphatic carbocycles. The van der Waals surface area contributed by atoms with E-state index in [4.69, 9.17) is 11.6 Å². The van der Waals surface area contributed by atoms with Gasteiger partial charge in [-0.15, -0.1) is 0 Å². The molecule has 130 valence electrons. The standard InChI is InChI=1S/C17H17ClN4O2S/c1-22-17(5-6-20-22)15-7-14(9-19-11-15)10-21-25(23,24)12-13-3-2-4-16(18)8-13/h2-9,11,21H,10,12H2,1H3. The lowest BCUT2D eigenvalue weighted by Crippen LogP contribution is -2.24. The second kappa shape index (κ2) is 7.35. The van der Waals surface area contributed by atoms with Crippen LogP contribution in [0.1, 0.15) is 11.1 Å². The van der Waals surface area contributed by atoms with Crippen LogP contribution in [0, 0.1) is 0 Å². The van der Waals surface area contributed by atoms with E-state index in [-0.39, 0.29) is 12.3 Å². The number of pyridine rings is 1. The fraction of sp³-hybridized carbons (Fsp3) is 0.176. The Kier molecular flexibility index (Phi) is 5.17. The van der Waals surface area contributed by atoms with E-state index in [2.05, 4.69) is 14.8 Å². The van der Waals surface area contributed by atoms with Crippen molar-refractivity contribution in [1.82, 2.24) is 19.5 Å². The number of nitrogens with one attached hydrogen (secondary N) is 1. The highest BCUT2D eigenvalue weighted by atomic mass is 35.5. The Labute approximate surface area is 151 Å². The lowest BCUT2D eigenvalue weighted by atomic mass is 10.1. The van der Waals surface area contributed by atoms with Crippen LogP contribution in [0.5, 0.6) is 0 Å². The Hall–Kier alpha value is -2.22. The first-order chi connectivity index (χ1) is 11.9. The highest BCUT2D eigenvalue weighted by Gasteiger charge is 2.12. The number of benzene rings is 1. The van der Waals surface area contributed by atoms with Gasteiger partial charge in [0, 0.05) is 42.8 Å². The summed E-state index contributed by atoms with van der Waals surface area (Å²) in [6, 6.07) is 10.6. The molecular formula is C17H17ClN4O2S. The number of aryl methyl sites for hydroxylation is 1. The van der Waals surface area contributed by atoms with Gasteiger partial charge in [-0.2, -0.15) is 5.10 Å². The Bertz CT molecular complexity index is 986. The van der Waals surface area contributed by atoms with Crippen molar-refractivity contribution in [3.05, 3.63) is 71.1 Å². The van der Waals surface area contributed by atoms with Crippen molar-refractivity contribution in [2.24, 2.45) is 7.05 Å². The zero-order valence-corrected chi connectivity index (χ0v) is 15.1. The lowest BCUT2D eigenvalue weighted by Gasteiger charge is -2.08. The van der Waals surface area contributed by atoms with Gasteiger partial charge in [0.1, 0.15) is 0 Å². The summed E-state index contributed by atoms with van der Waals surface area (Å²) in [7, 11) is -1.64. The van der Waals surface area contributed by atoms with Crippen LogP contribution in [-0.4, -0.2) is 23.2 Å². The van der Waals surface area contributed by atoms with Crippen molar-refractivity contribution in [3.63, 3.8) is 0 Å². The van der Waals surface area contributed by atoms with Crippen LogP contribution in [0.25, 0.3) is 11.3 Å². The normalized spacial score (nSPS) is 11.6. The molecule has 0 radical (unpaired) electrons. The third-order valence-electron chi connectivity index (χ3n) is 3.65. The molecule has 25 heavy (non-hydrogen) atoms. The minimum atomic E-state index is -3.48. The van der Waals surface area contributed by atoms with Crippen molar-refractivity contribution in [2.75, 3.05) is 0 Å². The molecule has 0 saturated heterocycles. The first-order valence-electron chi connectivity index (χ1n) is 7.57. The molecule has 0 atom stereocenters. The topological polar surface area (TPSA) is 76.9 Å². The van der Waals surface area contributed by atoms with Crippen LogP contribution in [-0.2, 0) is 29.4 Å². The highest BCUT2D eigenvalue weighted by Crippen LogP contribution is 2.18. The monoisotopic (exact) mass is 376 g/mol. The average Bonchev–Trinajstić information content (AvgIpc) is 2.99. The van der Waals surface area contributed by atoms with Crippen LogP contribution >= 0.6 is 11.6 Å². The van der Waals surface area contributed by atoms with Crippen LogP contribution in [0.4, 0.5) is 0 Å².